The Balaban J connectivity index is 1.78. The number of hydrogen-bond donors (Lipinski definition) is 1. The summed E-state index contributed by atoms with van der Waals surface area (Å²) in [5, 5.41) is 0.746. The molecule has 0 amide bonds. The van der Waals surface area contributed by atoms with Gasteiger partial charge in [-0.05, 0) is 37.1 Å². The summed E-state index contributed by atoms with van der Waals surface area (Å²) < 4.78 is 39.1. The molecule has 0 radical (unpaired) electrons. The first kappa shape index (κ1) is 21.4. The molecule has 31 heavy (non-hydrogen) atoms. The Morgan fingerprint density at radius 3 is 2.29 bits per heavy atom. The molecule has 1 aliphatic rings. The fourth-order valence-corrected chi connectivity index (χ4v) is 5.88. The number of nitrogens with zero attached hydrogens (tertiary/aromatic N) is 1. The Morgan fingerprint density at radius 2 is 1.65 bits per heavy atom. The van der Waals surface area contributed by atoms with Gasteiger partial charge >= 0.3 is 0 Å². The van der Waals surface area contributed by atoms with Gasteiger partial charge in [0.2, 0.25) is 10.0 Å². The molecule has 0 spiro atoms. The number of methoxy groups -OCH3 is 2. The maximum Gasteiger partial charge on any atom is 0.252 e. The highest BCUT2D eigenvalue weighted by Crippen LogP contribution is 2.33. The molecule has 1 aromatic heterocycles. The molecular weight excluding hydrogens is 416 g/mol. The predicted molar refractivity (Wildman–Crippen MR) is 119 cm³/mol. The van der Waals surface area contributed by atoms with Crippen molar-refractivity contribution in [2.75, 3.05) is 14.2 Å². The van der Waals surface area contributed by atoms with E-state index in [-0.39, 0.29) is 23.0 Å². The van der Waals surface area contributed by atoms with Crippen LogP contribution in [0.3, 0.4) is 0 Å². The van der Waals surface area contributed by atoms with Crippen LogP contribution in [-0.4, -0.2) is 38.0 Å². The van der Waals surface area contributed by atoms with E-state index >= 15 is 0 Å². The van der Waals surface area contributed by atoms with Gasteiger partial charge in [-0.15, -0.1) is 0 Å². The molecule has 0 unspecified atom stereocenters. The fraction of sp³-hybridized carbons (Fsp3) is 0.348. The molecule has 0 saturated heterocycles. The molecule has 2 aromatic carbocycles. The number of fused-ring (bicyclic) bond motifs is 1. The second kappa shape index (κ2) is 8.72. The van der Waals surface area contributed by atoms with E-state index in [1.54, 1.807) is 55.6 Å². The van der Waals surface area contributed by atoms with Gasteiger partial charge in [0.25, 0.3) is 5.56 Å². The summed E-state index contributed by atoms with van der Waals surface area (Å²) in [6.45, 7) is 0.0154. The summed E-state index contributed by atoms with van der Waals surface area (Å²) in [6.07, 6.45) is 3.55. The van der Waals surface area contributed by atoms with Crippen LogP contribution in [0.5, 0.6) is 11.5 Å². The first-order valence-corrected chi connectivity index (χ1v) is 11.7. The zero-order chi connectivity index (χ0) is 22.0. The van der Waals surface area contributed by atoms with Crippen molar-refractivity contribution in [1.29, 1.82) is 0 Å². The highest BCUT2D eigenvalue weighted by atomic mass is 32.2. The zero-order valence-electron chi connectivity index (χ0n) is 17.6. The van der Waals surface area contributed by atoms with E-state index in [9.17, 15) is 13.2 Å². The minimum atomic E-state index is -3.74. The topological polar surface area (TPSA) is 88.7 Å². The van der Waals surface area contributed by atoms with Crippen molar-refractivity contribution < 1.29 is 17.9 Å². The normalized spacial score (nSPS) is 14.9. The molecule has 164 valence electrons. The first-order valence-electron chi connectivity index (χ1n) is 10.3. The lowest BCUT2D eigenvalue weighted by Crippen LogP contribution is -2.39. The summed E-state index contributed by atoms with van der Waals surface area (Å²) in [4.78, 5) is 16.0. The molecule has 1 N–H and O–H groups in total. The van der Waals surface area contributed by atoms with Crippen LogP contribution in [0.2, 0.25) is 0 Å². The number of H-pyrrole nitrogens is 1. The van der Waals surface area contributed by atoms with Crippen molar-refractivity contribution in [3.8, 4) is 11.5 Å². The Kier molecular flexibility index (Phi) is 6.02. The number of sulfonamides is 1. The standard InChI is InChI=1S/C23H26N2O5S/c1-29-21-13-16-12-17(23(26)24-20(16)14-22(21)30-2)15-25(18-8-6-7-9-18)31(27,28)19-10-4-3-5-11-19/h3-5,10-14,18H,6-9,15H2,1-2H3,(H,24,26). The van der Waals surface area contributed by atoms with E-state index in [1.165, 1.54) is 11.4 Å². The van der Waals surface area contributed by atoms with Gasteiger partial charge in [0.15, 0.2) is 11.5 Å². The molecular formula is C23H26N2O5S. The lowest BCUT2D eigenvalue weighted by molar-refractivity contribution is 0.315. The van der Waals surface area contributed by atoms with E-state index in [0.717, 1.165) is 31.1 Å². The van der Waals surface area contributed by atoms with E-state index in [2.05, 4.69) is 4.98 Å². The van der Waals surface area contributed by atoms with E-state index in [0.29, 0.717) is 22.6 Å². The molecule has 8 heteroatoms. The van der Waals surface area contributed by atoms with Gasteiger partial charge in [0.1, 0.15) is 0 Å². The molecule has 1 fully saturated rings. The quantitative estimate of drug-likeness (QED) is 0.603. The molecule has 0 atom stereocenters. The first-order chi connectivity index (χ1) is 14.9. The maximum absolute atomic E-state index is 13.5. The number of aromatic amines is 1. The van der Waals surface area contributed by atoms with E-state index in [4.69, 9.17) is 9.47 Å². The molecule has 1 heterocycles. The van der Waals surface area contributed by atoms with Crippen molar-refractivity contribution >= 4 is 20.9 Å². The van der Waals surface area contributed by atoms with Crippen molar-refractivity contribution in [3.05, 3.63) is 64.4 Å². The van der Waals surface area contributed by atoms with Gasteiger partial charge in [-0.2, -0.15) is 4.31 Å². The van der Waals surface area contributed by atoms with Gasteiger partial charge in [0.05, 0.1) is 24.6 Å². The molecule has 1 saturated carbocycles. The second-order valence-electron chi connectivity index (χ2n) is 7.72. The number of rotatable bonds is 7. The number of nitrogens with one attached hydrogen (secondary N) is 1. The predicted octanol–water partition coefficient (Wildman–Crippen LogP) is 3.68. The Morgan fingerprint density at radius 1 is 1.00 bits per heavy atom. The minimum Gasteiger partial charge on any atom is -0.493 e. The molecule has 1 aliphatic carbocycles. The van der Waals surface area contributed by atoms with Crippen LogP contribution in [-0.2, 0) is 16.6 Å². The average molecular weight is 443 g/mol. The van der Waals surface area contributed by atoms with Crippen LogP contribution in [0.15, 0.2) is 58.2 Å². The number of benzene rings is 2. The van der Waals surface area contributed by atoms with Crippen LogP contribution in [0, 0.1) is 0 Å². The zero-order valence-corrected chi connectivity index (χ0v) is 18.4. The van der Waals surface area contributed by atoms with Crippen LogP contribution < -0.4 is 15.0 Å². The maximum atomic E-state index is 13.5. The third kappa shape index (κ3) is 4.18. The van der Waals surface area contributed by atoms with Gasteiger partial charge in [-0.1, -0.05) is 31.0 Å². The van der Waals surface area contributed by atoms with Gasteiger partial charge < -0.3 is 14.5 Å². The van der Waals surface area contributed by atoms with Crippen LogP contribution in [0.4, 0.5) is 0 Å². The SMILES string of the molecule is COc1cc2cc(CN(C3CCCC3)S(=O)(=O)c3ccccc3)c(=O)[nH]c2cc1OC. The number of ether oxygens (including phenoxy) is 2. The molecule has 3 aromatic rings. The lowest BCUT2D eigenvalue weighted by atomic mass is 10.1. The largest absolute Gasteiger partial charge is 0.493 e. The van der Waals surface area contributed by atoms with Crippen molar-refractivity contribution in [1.82, 2.24) is 9.29 Å². The lowest BCUT2D eigenvalue weighted by Gasteiger charge is -2.28. The molecule has 4 rings (SSSR count). The summed E-state index contributed by atoms with van der Waals surface area (Å²) in [7, 11) is -0.662. The highest BCUT2D eigenvalue weighted by molar-refractivity contribution is 7.89. The minimum absolute atomic E-state index is 0.0154. The third-order valence-corrected chi connectivity index (χ3v) is 7.75. The molecule has 7 nitrogen and oxygen atoms in total. The van der Waals surface area contributed by atoms with Crippen LogP contribution >= 0.6 is 0 Å². The van der Waals surface area contributed by atoms with E-state index < -0.39 is 10.0 Å². The smallest absolute Gasteiger partial charge is 0.252 e. The Bertz CT molecular complexity index is 1230. The average Bonchev–Trinajstić information content (AvgIpc) is 3.31. The molecule has 0 bridgehead atoms. The monoisotopic (exact) mass is 442 g/mol. The second-order valence-corrected chi connectivity index (χ2v) is 9.61. The summed E-state index contributed by atoms with van der Waals surface area (Å²) >= 11 is 0. The van der Waals surface area contributed by atoms with Crippen molar-refractivity contribution in [2.45, 2.75) is 43.2 Å². The molecule has 0 aliphatic heterocycles. The van der Waals surface area contributed by atoms with Crippen molar-refractivity contribution in [3.63, 3.8) is 0 Å². The number of pyridine rings is 1. The number of aromatic nitrogens is 1. The fourth-order valence-electron chi connectivity index (χ4n) is 4.19. The van der Waals surface area contributed by atoms with Gasteiger partial charge in [-0.3, -0.25) is 4.79 Å². The number of hydrogen-bond acceptors (Lipinski definition) is 5. The third-order valence-electron chi connectivity index (χ3n) is 5.83. The van der Waals surface area contributed by atoms with Gasteiger partial charge in [-0.25, -0.2) is 8.42 Å². The van der Waals surface area contributed by atoms with Crippen molar-refractivity contribution in [2.24, 2.45) is 0 Å². The summed E-state index contributed by atoms with van der Waals surface area (Å²) in [5.74, 6) is 1.05. The Labute approximate surface area is 181 Å². The summed E-state index contributed by atoms with van der Waals surface area (Å²) in [5.41, 5.74) is 0.682. The van der Waals surface area contributed by atoms with Gasteiger partial charge in [0, 0.05) is 29.6 Å². The van der Waals surface area contributed by atoms with Crippen LogP contribution in [0.1, 0.15) is 31.2 Å². The Hall–Kier alpha value is -2.84. The highest BCUT2D eigenvalue weighted by Gasteiger charge is 2.33. The van der Waals surface area contributed by atoms with Crippen LogP contribution in [0.25, 0.3) is 10.9 Å². The summed E-state index contributed by atoms with van der Waals surface area (Å²) in [6, 6.07) is 13.5. The van der Waals surface area contributed by atoms with E-state index in [1.807, 2.05) is 0 Å².